The van der Waals surface area contributed by atoms with E-state index in [1.54, 1.807) is 26.2 Å². The lowest BCUT2D eigenvalue weighted by atomic mass is 10.0. The second-order valence-corrected chi connectivity index (χ2v) is 6.45. The highest BCUT2D eigenvalue weighted by molar-refractivity contribution is 6.16. The van der Waals surface area contributed by atoms with Crippen molar-refractivity contribution in [1.29, 1.82) is 0 Å². The van der Waals surface area contributed by atoms with Gasteiger partial charge in [0.1, 0.15) is 0 Å². The molecule has 7 nitrogen and oxygen atoms in total. The molecule has 0 bridgehead atoms. The van der Waals surface area contributed by atoms with Gasteiger partial charge in [0.25, 0.3) is 5.91 Å². The minimum Gasteiger partial charge on any atom is -0.490 e. The van der Waals surface area contributed by atoms with Crippen LogP contribution in [0.2, 0.25) is 0 Å². The summed E-state index contributed by atoms with van der Waals surface area (Å²) in [6, 6.07) is 5.44. The van der Waals surface area contributed by atoms with E-state index in [1.165, 1.54) is 12.0 Å². The molecular formula is C22H29NO6. The number of ether oxygens (including phenoxy) is 4. The van der Waals surface area contributed by atoms with Crippen LogP contribution in [0.25, 0.3) is 6.08 Å². The molecule has 0 unspecified atom stereocenters. The largest absolute Gasteiger partial charge is 0.490 e. The number of nitrogens with zero attached hydrogens (tertiary/aromatic N) is 1. The lowest BCUT2D eigenvalue weighted by molar-refractivity contribution is -0.136. The van der Waals surface area contributed by atoms with Gasteiger partial charge in [-0.2, -0.15) is 0 Å². The van der Waals surface area contributed by atoms with Gasteiger partial charge in [0.2, 0.25) is 0 Å². The molecule has 0 radical (unpaired) electrons. The van der Waals surface area contributed by atoms with Crippen LogP contribution < -0.4 is 9.47 Å². The Kier molecular flexibility index (Phi) is 8.27. The van der Waals surface area contributed by atoms with Gasteiger partial charge in [-0.15, -0.1) is 0 Å². The fourth-order valence-corrected chi connectivity index (χ4v) is 3.06. The zero-order valence-corrected chi connectivity index (χ0v) is 17.7. The van der Waals surface area contributed by atoms with Crippen LogP contribution in [-0.2, 0) is 19.1 Å². The zero-order valence-electron chi connectivity index (χ0n) is 17.7. The quantitative estimate of drug-likeness (QED) is 0.441. The molecule has 0 atom stereocenters. The summed E-state index contributed by atoms with van der Waals surface area (Å²) in [5, 5.41) is 0. The topological polar surface area (TPSA) is 74.3 Å². The second-order valence-electron chi connectivity index (χ2n) is 6.45. The number of esters is 1. The molecule has 1 aromatic carbocycles. The van der Waals surface area contributed by atoms with Crippen LogP contribution in [0.15, 0.2) is 35.0 Å². The van der Waals surface area contributed by atoms with Gasteiger partial charge in [-0.05, 0) is 44.0 Å². The van der Waals surface area contributed by atoms with E-state index in [1.807, 2.05) is 26.0 Å². The van der Waals surface area contributed by atoms with Gasteiger partial charge in [0.05, 0.1) is 38.1 Å². The average molecular weight is 403 g/mol. The number of rotatable bonds is 10. The molecule has 1 amide bonds. The highest BCUT2D eigenvalue weighted by Crippen LogP contribution is 2.34. The predicted octanol–water partition coefficient (Wildman–Crippen LogP) is 3.19. The van der Waals surface area contributed by atoms with E-state index in [9.17, 15) is 9.59 Å². The summed E-state index contributed by atoms with van der Waals surface area (Å²) < 4.78 is 21.4. The van der Waals surface area contributed by atoms with Gasteiger partial charge >= 0.3 is 5.97 Å². The van der Waals surface area contributed by atoms with Crippen molar-refractivity contribution in [3.8, 4) is 11.5 Å². The zero-order chi connectivity index (χ0) is 21.4. The lowest BCUT2D eigenvalue weighted by Gasteiger charge is -2.16. The van der Waals surface area contributed by atoms with E-state index in [0.717, 1.165) is 12.0 Å². The number of carbonyl (C=O) groups excluding carboxylic acids is 2. The number of carbonyl (C=O) groups is 2. The van der Waals surface area contributed by atoms with Crippen molar-refractivity contribution in [1.82, 2.24) is 4.90 Å². The van der Waals surface area contributed by atoms with Gasteiger partial charge in [-0.3, -0.25) is 4.79 Å². The van der Waals surface area contributed by atoms with E-state index in [4.69, 9.17) is 18.9 Å². The summed E-state index contributed by atoms with van der Waals surface area (Å²) in [6.07, 6.45) is 2.56. The molecule has 1 aromatic rings. The smallest absolute Gasteiger partial charge is 0.340 e. The predicted molar refractivity (Wildman–Crippen MR) is 110 cm³/mol. The minimum absolute atomic E-state index is 0.260. The third kappa shape index (κ3) is 5.17. The van der Waals surface area contributed by atoms with Gasteiger partial charge in [0, 0.05) is 19.4 Å². The molecule has 0 saturated heterocycles. The third-order valence-corrected chi connectivity index (χ3v) is 4.46. The molecule has 1 aliphatic heterocycles. The Hall–Kier alpha value is -2.80. The molecule has 7 heteroatoms. The molecule has 0 N–H and O–H groups in total. The van der Waals surface area contributed by atoms with E-state index in [2.05, 4.69) is 0 Å². The number of amides is 1. The Bertz CT molecular complexity index is 812. The molecule has 0 fully saturated rings. The van der Waals surface area contributed by atoms with Crippen molar-refractivity contribution in [2.24, 2.45) is 0 Å². The molecule has 1 aliphatic rings. The maximum atomic E-state index is 13.0. The van der Waals surface area contributed by atoms with Gasteiger partial charge in [-0.1, -0.05) is 13.0 Å². The van der Waals surface area contributed by atoms with Crippen LogP contribution in [0.1, 0.15) is 32.8 Å². The summed E-state index contributed by atoms with van der Waals surface area (Å²) >= 11 is 0. The van der Waals surface area contributed by atoms with Gasteiger partial charge in [0.15, 0.2) is 11.5 Å². The third-order valence-electron chi connectivity index (χ3n) is 4.46. The molecule has 1 heterocycles. The fraction of sp³-hybridized carbons (Fsp3) is 0.455. The first-order chi connectivity index (χ1) is 14.0. The summed E-state index contributed by atoms with van der Waals surface area (Å²) in [5.74, 6) is 0.437. The van der Waals surface area contributed by atoms with E-state index < -0.39 is 5.97 Å². The summed E-state index contributed by atoms with van der Waals surface area (Å²) in [5.41, 5.74) is 1.83. The summed E-state index contributed by atoms with van der Waals surface area (Å²) in [4.78, 5) is 26.9. The molecule has 0 aliphatic carbocycles. The van der Waals surface area contributed by atoms with Crippen LogP contribution in [-0.4, -0.2) is 57.4 Å². The Morgan fingerprint density at radius 3 is 2.48 bits per heavy atom. The molecule has 29 heavy (non-hydrogen) atoms. The minimum atomic E-state index is -0.546. The van der Waals surface area contributed by atoms with Crippen LogP contribution in [0.5, 0.6) is 11.5 Å². The fourth-order valence-electron chi connectivity index (χ4n) is 3.06. The molecule has 2 rings (SSSR count). The SMILES string of the molecule is CCCOc1ccc(/C=C2\C(=O)N(CCOC)C(C)=C2C(=O)OC)cc1OCC. The van der Waals surface area contributed by atoms with Crippen LogP contribution in [0.3, 0.4) is 0 Å². The number of methoxy groups -OCH3 is 2. The normalized spacial score (nSPS) is 15.3. The first kappa shape index (κ1) is 22.5. The molecule has 0 aromatic heterocycles. The lowest BCUT2D eigenvalue weighted by Crippen LogP contribution is -2.28. The van der Waals surface area contributed by atoms with Crippen molar-refractivity contribution in [2.75, 3.05) is 40.6 Å². The number of hydrogen-bond acceptors (Lipinski definition) is 6. The Balaban J connectivity index is 2.45. The molecule has 0 saturated carbocycles. The van der Waals surface area contributed by atoms with Crippen LogP contribution >= 0.6 is 0 Å². The first-order valence-electron chi connectivity index (χ1n) is 9.70. The monoisotopic (exact) mass is 403 g/mol. The maximum Gasteiger partial charge on any atom is 0.340 e. The van der Waals surface area contributed by atoms with Crippen molar-refractivity contribution in [3.05, 3.63) is 40.6 Å². The molecular weight excluding hydrogens is 374 g/mol. The summed E-state index contributed by atoms with van der Waals surface area (Å²) in [7, 11) is 2.87. The van der Waals surface area contributed by atoms with E-state index >= 15 is 0 Å². The number of allylic oxidation sites excluding steroid dienone is 1. The first-order valence-corrected chi connectivity index (χ1v) is 9.70. The second kappa shape index (κ2) is 10.7. The molecule has 0 spiro atoms. The highest BCUT2D eigenvalue weighted by Gasteiger charge is 2.36. The van der Waals surface area contributed by atoms with Crippen molar-refractivity contribution in [3.63, 3.8) is 0 Å². The van der Waals surface area contributed by atoms with E-state index in [-0.39, 0.29) is 17.1 Å². The average Bonchev–Trinajstić information content (AvgIpc) is 2.95. The Morgan fingerprint density at radius 1 is 1.10 bits per heavy atom. The Labute approximate surface area is 171 Å². The molecule has 158 valence electrons. The standard InChI is InChI=1S/C22H29NO6/c1-6-11-29-18-9-8-16(14-19(18)28-7-2)13-17-20(22(25)27-5)15(3)23(21(17)24)10-12-26-4/h8-9,13-14H,6-7,10-12H2,1-5H3/b17-13-. The van der Waals surface area contributed by atoms with E-state index in [0.29, 0.717) is 43.6 Å². The van der Waals surface area contributed by atoms with Gasteiger partial charge < -0.3 is 23.8 Å². The maximum absolute atomic E-state index is 13.0. The van der Waals surface area contributed by atoms with Crippen molar-refractivity contribution < 1.29 is 28.5 Å². The summed E-state index contributed by atoms with van der Waals surface area (Å²) in [6.45, 7) is 7.44. The van der Waals surface area contributed by atoms with Crippen molar-refractivity contribution >= 4 is 18.0 Å². The Morgan fingerprint density at radius 2 is 1.86 bits per heavy atom. The van der Waals surface area contributed by atoms with Crippen LogP contribution in [0, 0.1) is 0 Å². The van der Waals surface area contributed by atoms with Crippen molar-refractivity contribution in [2.45, 2.75) is 27.2 Å². The number of benzene rings is 1. The van der Waals surface area contributed by atoms with Crippen LogP contribution in [0.4, 0.5) is 0 Å². The highest BCUT2D eigenvalue weighted by atomic mass is 16.5. The van der Waals surface area contributed by atoms with Gasteiger partial charge in [-0.25, -0.2) is 4.79 Å². The number of hydrogen-bond donors (Lipinski definition) is 0.